The molecule has 0 spiro atoms. The van der Waals surface area contributed by atoms with Crippen molar-refractivity contribution in [1.29, 1.82) is 0 Å². The maximum atomic E-state index is 12.0. The average molecular weight is 309 g/mol. The van der Waals surface area contributed by atoms with Crippen molar-refractivity contribution in [3.05, 3.63) is 59.5 Å². The fraction of sp³-hybridized carbons (Fsp3) is 0.222. The lowest BCUT2D eigenvalue weighted by Gasteiger charge is -2.08. The van der Waals surface area contributed by atoms with Crippen LogP contribution in [0.4, 0.5) is 5.69 Å². The van der Waals surface area contributed by atoms with Gasteiger partial charge in [-0.1, -0.05) is 17.7 Å². The van der Waals surface area contributed by atoms with Crippen molar-refractivity contribution in [2.75, 3.05) is 11.9 Å². The number of imidazole rings is 1. The van der Waals surface area contributed by atoms with Crippen LogP contribution in [0.25, 0.3) is 5.65 Å². The average Bonchev–Trinajstić information content (AvgIpc) is 2.82. The van der Waals surface area contributed by atoms with E-state index < -0.39 is 0 Å². The van der Waals surface area contributed by atoms with Gasteiger partial charge in [0, 0.05) is 11.9 Å². The van der Waals surface area contributed by atoms with Gasteiger partial charge in [0.15, 0.2) is 6.61 Å². The summed E-state index contributed by atoms with van der Waals surface area (Å²) in [6.07, 6.45) is 1.87. The van der Waals surface area contributed by atoms with Crippen molar-refractivity contribution in [3.63, 3.8) is 0 Å². The highest BCUT2D eigenvalue weighted by atomic mass is 16.5. The first-order chi connectivity index (χ1) is 11.0. The molecular weight excluding hydrogens is 290 g/mol. The number of hydrogen-bond acceptors (Lipinski definition) is 3. The minimum Gasteiger partial charge on any atom is -0.484 e. The Hall–Kier alpha value is -2.82. The molecule has 0 atom stereocenters. The maximum absolute atomic E-state index is 12.0. The summed E-state index contributed by atoms with van der Waals surface area (Å²) in [6, 6.07) is 11.3. The molecule has 1 N–H and O–H groups in total. The second kappa shape index (κ2) is 6.12. The van der Waals surface area contributed by atoms with Crippen molar-refractivity contribution in [1.82, 2.24) is 9.38 Å². The molecule has 0 aliphatic rings. The molecule has 0 unspecified atom stereocenters. The summed E-state index contributed by atoms with van der Waals surface area (Å²) in [4.78, 5) is 16.5. The van der Waals surface area contributed by atoms with Gasteiger partial charge in [-0.05, 0) is 45.0 Å². The van der Waals surface area contributed by atoms with Gasteiger partial charge in [0.2, 0.25) is 0 Å². The Morgan fingerprint density at radius 3 is 2.61 bits per heavy atom. The highest BCUT2D eigenvalue weighted by Gasteiger charge is 2.07. The van der Waals surface area contributed by atoms with E-state index in [1.165, 1.54) is 0 Å². The van der Waals surface area contributed by atoms with Crippen LogP contribution in [0.1, 0.15) is 17.0 Å². The van der Waals surface area contributed by atoms with Crippen LogP contribution in [0.5, 0.6) is 5.75 Å². The molecule has 118 valence electrons. The third kappa shape index (κ3) is 3.34. The second-order valence-corrected chi connectivity index (χ2v) is 5.58. The Morgan fingerprint density at radius 1 is 1.13 bits per heavy atom. The summed E-state index contributed by atoms with van der Waals surface area (Å²) >= 11 is 0. The second-order valence-electron chi connectivity index (χ2n) is 5.58. The summed E-state index contributed by atoms with van der Waals surface area (Å²) in [6.45, 7) is 5.95. The number of hydrogen-bond donors (Lipinski definition) is 1. The number of carbonyl (C=O) groups excluding carboxylic acids is 1. The molecule has 2 aromatic heterocycles. The number of aryl methyl sites for hydroxylation is 3. The minimum absolute atomic E-state index is 0.0248. The predicted molar refractivity (Wildman–Crippen MR) is 90.0 cm³/mol. The van der Waals surface area contributed by atoms with Crippen LogP contribution in [-0.4, -0.2) is 21.9 Å². The predicted octanol–water partition coefficient (Wildman–Crippen LogP) is 3.28. The van der Waals surface area contributed by atoms with E-state index in [9.17, 15) is 4.79 Å². The number of fused-ring (bicyclic) bond motifs is 1. The van der Waals surface area contributed by atoms with Gasteiger partial charge in [-0.2, -0.15) is 0 Å². The van der Waals surface area contributed by atoms with E-state index in [4.69, 9.17) is 4.74 Å². The molecule has 0 radical (unpaired) electrons. The van der Waals surface area contributed by atoms with Crippen LogP contribution < -0.4 is 10.1 Å². The molecule has 0 bridgehead atoms. The van der Waals surface area contributed by atoms with Crippen LogP contribution in [0.15, 0.2) is 42.6 Å². The fourth-order valence-corrected chi connectivity index (χ4v) is 2.33. The quantitative estimate of drug-likeness (QED) is 0.804. The minimum atomic E-state index is -0.195. The number of amides is 1. The number of nitrogens with one attached hydrogen (secondary N) is 1. The molecule has 0 saturated carbocycles. The smallest absolute Gasteiger partial charge is 0.262 e. The standard InChI is InChI=1S/C18H19N3O2/c1-12-4-7-16(8-5-12)23-11-18(22)20-15-6-9-17-19-13(2)14(3)21(17)10-15/h4-10H,11H2,1-3H3,(H,20,22). The number of anilines is 1. The summed E-state index contributed by atoms with van der Waals surface area (Å²) in [5, 5.41) is 2.84. The van der Waals surface area contributed by atoms with Crippen molar-refractivity contribution in [3.8, 4) is 5.75 Å². The van der Waals surface area contributed by atoms with Crippen LogP contribution in [0, 0.1) is 20.8 Å². The van der Waals surface area contributed by atoms with Crippen LogP contribution in [-0.2, 0) is 4.79 Å². The van der Waals surface area contributed by atoms with Crippen molar-refractivity contribution in [2.24, 2.45) is 0 Å². The Kier molecular flexibility index (Phi) is 4.02. The Morgan fingerprint density at radius 2 is 1.87 bits per heavy atom. The lowest BCUT2D eigenvalue weighted by atomic mass is 10.2. The van der Waals surface area contributed by atoms with E-state index in [0.717, 1.165) is 28.3 Å². The van der Waals surface area contributed by atoms with E-state index in [-0.39, 0.29) is 12.5 Å². The van der Waals surface area contributed by atoms with Gasteiger partial charge < -0.3 is 14.5 Å². The summed E-state index contributed by atoms with van der Waals surface area (Å²) in [5.41, 5.74) is 4.79. The van der Waals surface area contributed by atoms with E-state index in [2.05, 4.69) is 10.3 Å². The first-order valence-corrected chi connectivity index (χ1v) is 7.47. The molecule has 23 heavy (non-hydrogen) atoms. The molecule has 3 rings (SSSR count). The largest absolute Gasteiger partial charge is 0.484 e. The fourth-order valence-electron chi connectivity index (χ4n) is 2.33. The number of aromatic nitrogens is 2. The lowest BCUT2D eigenvalue weighted by molar-refractivity contribution is -0.118. The van der Waals surface area contributed by atoms with Crippen LogP contribution in [0.3, 0.4) is 0 Å². The van der Waals surface area contributed by atoms with Crippen molar-refractivity contribution < 1.29 is 9.53 Å². The zero-order valence-corrected chi connectivity index (χ0v) is 13.5. The molecule has 1 amide bonds. The number of benzene rings is 1. The zero-order valence-electron chi connectivity index (χ0n) is 13.5. The number of nitrogens with zero attached hydrogens (tertiary/aromatic N) is 2. The van der Waals surface area contributed by atoms with E-state index in [0.29, 0.717) is 5.75 Å². The molecule has 0 aliphatic heterocycles. The normalized spacial score (nSPS) is 10.7. The summed E-state index contributed by atoms with van der Waals surface area (Å²) in [7, 11) is 0. The zero-order chi connectivity index (χ0) is 16.4. The first-order valence-electron chi connectivity index (χ1n) is 7.47. The highest BCUT2D eigenvalue weighted by molar-refractivity contribution is 5.91. The molecule has 0 aliphatic carbocycles. The number of pyridine rings is 1. The van der Waals surface area contributed by atoms with Crippen molar-refractivity contribution >= 4 is 17.2 Å². The van der Waals surface area contributed by atoms with Gasteiger partial charge in [-0.3, -0.25) is 4.79 Å². The maximum Gasteiger partial charge on any atom is 0.262 e. The monoisotopic (exact) mass is 309 g/mol. The molecule has 0 fully saturated rings. The van der Waals surface area contributed by atoms with Gasteiger partial charge in [-0.25, -0.2) is 4.98 Å². The van der Waals surface area contributed by atoms with Crippen LogP contribution in [0.2, 0.25) is 0 Å². The Bertz CT molecular complexity index is 851. The summed E-state index contributed by atoms with van der Waals surface area (Å²) in [5.74, 6) is 0.488. The summed E-state index contributed by atoms with van der Waals surface area (Å²) < 4.78 is 7.44. The van der Waals surface area contributed by atoms with Crippen molar-refractivity contribution in [2.45, 2.75) is 20.8 Å². The highest BCUT2D eigenvalue weighted by Crippen LogP contribution is 2.15. The van der Waals surface area contributed by atoms with Gasteiger partial charge in [0.05, 0.1) is 11.4 Å². The molecule has 5 heteroatoms. The number of ether oxygens (including phenoxy) is 1. The number of rotatable bonds is 4. The van der Waals surface area contributed by atoms with E-state index in [1.54, 1.807) is 0 Å². The molecule has 1 aromatic carbocycles. The lowest BCUT2D eigenvalue weighted by Crippen LogP contribution is -2.20. The van der Waals surface area contributed by atoms with E-state index >= 15 is 0 Å². The van der Waals surface area contributed by atoms with Gasteiger partial charge in [-0.15, -0.1) is 0 Å². The Balaban J connectivity index is 1.65. The SMILES string of the molecule is Cc1ccc(OCC(=O)Nc2ccc3nc(C)c(C)n3c2)cc1. The molecule has 0 saturated heterocycles. The topological polar surface area (TPSA) is 55.6 Å². The van der Waals surface area contributed by atoms with Gasteiger partial charge >= 0.3 is 0 Å². The molecule has 2 heterocycles. The third-order valence-electron chi connectivity index (χ3n) is 3.77. The van der Waals surface area contributed by atoms with Gasteiger partial charge in [0.1, 0.15) is 11.4 Å². The number of carbonyl (C=O) groups is 1. The molecular formula is C18H19N3O2. The third-order valence-corrected chi connectivity index (χ3v) is 3.77. The first kappa shape index (κ1) is 15.1. The Labute approximate surface area is 134 Å². The van der Waals surface area contributed by atoms with Gasteiger partial charge in [0.25, 0.3) is 5.91 Å². The molecule has 3 aromatic rings. The molecule has 5 nitrogen and oxygen atoms in total. The van der Waals surface area contributed by atoms with Crippen LogP contribution >= 0.6 is 0 Å². The van der Waals surface area contributed by atoms with E-state index in [1.807, 2.05) is 67.8 Å².